The van der Waals surface area contributed by atoms with Crippen molar-refractivity contribution >= 4 is 11.6 Å². The number of hydrogen-bond acceptors (Lipinski definition) is 3. The molecule has 90 valence electrons. The van der Waals surface area contributed by atoms with Crippen LogP contribution in [0.3, 0.4) is 0 Å². The first-order valence-corrected chi connectivity index (χ1v) is 5.67. The van der Waals surface area contributed by atoms with Crippen molar-refractivity contribution < 1.29 is 4.74 Å². The molecule has 5 heteroatoms. The Hall–Kier alpha value is -1.55. The van der Waals surface area contributed by atoms with E-state index >= 15 is 0 Å². The van der Waals surface area contributed by atoms with Crippen LogP contribution in [0.15, 0.2) is 12.3 Å². The molecule has 0 atom stereocenters. The first-order valence-electron chi connectivity index (χ1n) is 5.29. The average molecular weight is 252 g/mol. The zero-order valence-electron chi connectivity index (χ0n) is 10.3. The molecule has 0 N–H and O–H groups in total. The molecule has 17 heavy (non-hydrogen) atoms. The molecule has 0 saturated carbocycles. The van der Waals surface area contributed by atoms with Gasteiger partial charge in [0.05, 0.1) is 5.69 Å². The fraction of sp³-hybridized carbons (Fsp3) is 0.333. The lowest BCUT2D eigenvalue weighted by molar-refractivity contribution is 0.470. The normalized spacial score (nSPS) is 10.6. The van der Waals surface area contributed by atoms with Gasteiger partial charge in [-0.15, -0.1) is 0 Å². The molecular weight excluding hydrogens is 238 g/mol. The van der Waals surface area contributed by atoms with E-state index in [4.69, 9.17) is 16.3 Å². The van der Waals surface area contributed by atoms with E-state index in [2.05, 4.69) is 10.1 Å². The number of nitrogens with zero attached hydrogens (tertiary/aromatic N) is 3. The first-order chi connectivity index (χ1) is 7.99. The highest BCUT2D eigenvalue weighted by atomic mass is 35.5. The molecule has 2 rings (SSSR count). The molecule has 0 bridgehead atoms. The maximum atomic E-state index is 5.86. The van der Waals surface area contributed by atoms with E-state index in [9.17, 15) is 0 Å². The second-order valence-electron chi connectivity index (χ2n) is 4.00. The average Bonchev–Trinajstić information content (AvgIpc) is 2.50. The lowest BCUT2D eigenvalue weighted by Crippen LogP contribution is -1.94. The molecule has 0 aliphatic rings. The first kappa shape index (κ1) is 11.9. The second kappa shape index (κ2) is 4.37. The summed E-state index contributed by atoms with van der Waals surface area (Å²) in [6.45, 7) is 5.81. The van der Waals surface area contributed by atoms with Crippen LogP contribution in [0.5, 0.6) is 11.5 Å². The Morgan fingerprint density at radius 3 is 2.59 bits per heavy atom. The van der Waals surface area contributed by atoms with Crippen LogP contribution >= 0.6 is 11.6 Å². The van der Waals surface area contributed by atoms with E-state index in [1.165, 1.54) is 0 Å². The predicted octanol–water partition coefficient (Wildman–Crippen LogP) is 3.19. The SMILES string of the molecule is Cc1cnc(Cl)cc1Oc1c(C)nn(C)c1C. The smallest absolute Gasteiger partial charge is 0.171 e. The fourth-order valence-electron chi connectivity index (χ4n) is 1.60. The van der Waals surface area contributed by atoms with E-state index in [1.807, 2.05) is 27.8 Å². The minimum Gasteiger partial charge on any atom is -0.453 e. The van der Waals surface area contributed by atoms with Crippen LogP contribution in [-0.4, -0.2) is 14.8 Å². The number of ether oxygens (including phenoxy) is 1. The predicted molar refractivity (Wildman–Crippen MR) is 66.7 cm³/mol. The zero-order chi connectivity index (χ0) is 12.6. The van der Waals surface area contributed by atoms with Crippen molar-refractivity contribution in [3.05, 3.63) is 34.4 Å². The molecule has 2 heterocycles. The van der Waals surface area contributed by atoms with Gasteiger partial charge in [-0.05, 0) is 20.8 Å². The number of hydrogen-bond donors (Lipinski definition) is 0. The highest BCUT2D eigenvalue weighted by molar-refractivity contribution is 6.29. The van der Waals surface area contributed by atoms with Gasteiger partial charge in [-0.2, -0.15) is 5.10 Å². The quantitative estimate of drug-likeness (QED) is 0.770. The van der Waals surface area contributed by atoms with Crippen molar-refractivity contribution in [2.75, 3.05) is 0 Å². The van der Waals surface area contributed by atoms with E-state index < -0.39 is 0 Å². The Labute approximate surface area is 105 Å². The summed E-state index contributed by atoms with van der Waals surface area (Å²) in [5.41, 5.74) is 2.78. The number of aromatic nitrogens is 3. The van der Waals surface area contributed by atoms with Crippen molar-refractivity contribution in [1.29, 1.82) is 0 Å². The Bertz CT molecular complexity index is 563. The number of rotatable bonds is 2. The summed E-state index contributed by atoms with van der Waals surface area (Å²) >= 11 is 5.86. The van der Waals surface area contributed by atoms with Gasteiger partial charge in [0.1, 0.15) is 16.6 Å². The molecule has 4 nitrogen and oxygen atoms in total. The van der Waals surface area contributed by atoms with Gasteiger partial charge in [0.25, 0.3) is 0 Å². The largest absolute Gasteiger partial charge is 0.453 e. The number of pyridine rings is 1. The van der Waals surface area contributed by atoms with E-state index in [1.54, 1.807) is 16.9 Å². The van der Waals surface area contributed by atoms with E-state index in [0.717, 1.165) is 22.7 Å². The minimum absolute atomic E-state index is 0.421. The van der Waals surface area contributed by atoms with Crippen LogP contribution in [0, 0.1) is 20.8 Å². The number of aryl methyl sites for hydroxylation is 3. The van der Waals surface area contributed by atoms with Gasteiger partial charge in [0.2, 0.25) is 0 Å². The van der Waals surface area contributed by atoms with Crippen molar-refractivity contribution in [3.8, 4) is 11.5 Å². The molecule has 0 aromatic carbocycles. The minimum atomic E-state index is 0.421. The summed E-state index contributed by atoms with van der Waals surface area (Å²) in [7, 11) is 1.89. The molecular formula is C12H14ClN3O. The third kappa shape index (κ3) is 2.26. The number of halogens is 1. The molecule has 0 aliphatic heterocycles. The van der Waals surface area contributed by atoms with Gasteiger partial charge in [-0.25, -0.2) is 4.98 Å². The van der Waals surface area contributed by atoms with Crippen LogP contribution in [-0.2, 0) is 7.05 Å². The van der Waals surface area contributed by atoms with Gasteiger partial charge >= 0.3 is 0 Å². The topological polar surface area (TPSA) is 39.9 Å². The third-order valence-electron chi connectivity index (χ3n) is 2.68. The zero-order valence-corrected chi connectivity index (χ0v) is 11.0. The lowest BCUT2D eigenvalue weighted by Gasteiger charge is -2.08. The molecule has 0 fully saturated rings. The van der Waals surface area contributed by atoms with Gasteiger partial charge in [0, 0.05) is 24.9 Å². The van der Waals surface area contributed by atoms with E-state index in [-0.39, 0.29) is 0 Å². The van der Waals surface area contributed by atoms with Gasteiger partial charge < -0.3 is 4.74 Å². The summed E-state index contributed by atoms with van der Waals surface area (Å²) in [5.74, 6) is 1.49. The Balaban J connectivity index is 2.41. The molecule has 0 saturated heterocycles. The monoisotopic (exact) mass is 251 g/mol. The Morgan fingerprint density at radius 2 is 2.00 bits per heavy atom. The van der Waals surface area contributed by atoms with Gasteiger partial charge in [-0.1, -0.05) is 11.6 Å². The highest BCUT2D eigenvalue weighted by Gasteiger charge is 2.13. The van der Waals surface area contributed by atoms with Crippen LogP contribution in [0.1, 0.15) is 17.0 Å². The van der Waals surface area contributed by atoms with E-state index in [0.29, 0.717) is 10.9 Å². The summed E-state index contributed by atoms with van der Waals surface area (Å²) in [5, 5.41) is 4.72. The Morgan fingerprint density at radius 1 is 1.29 bits per heavy atom. The maximum absolute atomic E-state index is 5.86. The molecule has 0 spiro atoms. The van der Waals surface area contributed by atoms with Crippen molar-refractivity contribution in [1.82, 2.24) is 14.8 Å². The van der Waals surface area contributed by atoms with Crippen LogP contribution in [0.25, 0.3) is 0 Å². The fourth-order valence-corrected chi connectivity index (χ4v) is 1.75. The summed E-state index contributed by atoms with van der Waals surface area (Å²) < 4.78 is 7.66. The molecule has 0 unspecified atom stereocenters. The molecule has 2 aromatic heterocycles. The van der Waals surface area contributed by atoms with Crippen molar-refractivity contribution in [2.24, 2.45) is 7.05 Å². The molecule has 0 amide bonds. The van der Waals surface area contributed by atoms with Gasteiger partial charge in [-0.3, -0.25) is 4.68 Å². The van der Waals surface area contributed by atoms with Crippen LogP contribution in [0.4, 0.5) is 0 Å². The highest BCUT2D eigenvalue weighted by Crippen LogP contribution is 2.30. The third-order valence-corrected chi connectivity index (χ3v) is 2.88. The summed E-state index contributed by atoms with van der Waals surface area (Å²) in [4.78, 5) is 4.00. The second-order valence-corrected chi connectivity index (χ2v) is 4.39. The summed E-state index contributed by atoms with van der Waals surface area (Å²) in [6, 6.07) is 1.71. The molecule has 0 aliphatic carbocycles. The van der Waals surface area contributed by atoms with Crippen LogP contribution < -0.4 is 4.74 Å². The standard InChI is InChI=1S/C12H14ClN3O/c1-7-6-14-11(13)5-10(7)17-12-8(2)15-16(4)9(12)3/h5-6H,1-4H3. The van der Waals surface area contributed by atoms with Gasteiger partial charge in [0.15, 0.2) is 5.75 Å². The van der Waals surface area contributed by atoms with Crippen molar-refractivity contribution in [2.45, 2.75) is 20.8 Å². The lowest BCUT2D eigenvalue weighted by atomic mass is 10.3. The molecule has 0 radical (unpaired) electrons. The molecule has 2 aromatic rings. The van der Waals surface area contributed by atoms with Crippen molar-refractivity contribution in [3.63, 3.8) is 0 Å². The van der Waals surface area contributed by atoms with Crippen LogP contribution in [0.2, 0.25) is 5.15 Å². The maximum Gasteiger partial charge on any atom is 0.171 e. The Kier molecular flexibility index (Phi) is 3.07. The summed E-state index contributed by atoms with van der Waals surface area (Å²) in [6.07, 6.45) is 1.69.